The zero-order chi connectivity index (χ0) is 24.3. The van der Waals surface area contributed by atoms with Crippen molar-refractivity contribution in [3.63, 3.8) is 0 Å². The third-order valence-corrected chi connectivity index (χ3v) is 6.66. The van der Waals surface area contributed by atoms with Gasteiger partial charge in [-0.3, -0.25) is 14.8 Å². The molecule has 5 aromatic rings. The van der Waals surface area contributed by atoms with E-state index in [2.05, 4.69) is 56.2 Å². The van der Waals surface area contributed by atoms with Crippen LogP contribution in [0.1, 0.15) is 15.9 Å². The number of hydrogen-bond acceptors (Lipinski definition) is 7. The Labute approximate surface area is 209 Å². The molecule has 0 radical (unpaired) electrons. The number of carbonyl (C=O) groups excluding carboxylic acids is 1. The standard InChI is InChI=1S/C29H25N5O2/c35-28(24-9-16-36-20-24)17-21-1-3-22(4-2-21)23-5-6-26-27(18-23)32-29(19-31-26)34-14-12-33(13-15-34)25-7-10-30-11-8-25/h1-11,16,18-20H,12-15,17H2. The van der Waals surface area contributed by atoms with E-state index in [4.69, 9.17) is 9.40 Å². The lowest BCUT2D eigenvalue weighted by Crippen LogP contribution is -2.46. The highest BCUT2D eigenvalue weighted by Crippen LogP contribution is 2.26. The van der Waals surface area contributed by atoms with Gasteiger partial charge < -0.3 is 14.2 Å². The van der Waals surface area contributed by atoms with E-state index in [0.29, 0.717) is 12.0 Å². The Morgan fingerprint density at radius 3 is 2.33 bits per heavy atom. The summed E-state index contributed by atoms with van der Waals surface area (Å²) < 4.78 is 5.02. The minimum atomic E-state index is 0.0478. The maximum Gasteiger partial charge on any atom is 0.170 e. The van der Waals surface area contributed by atoms with Crippen LogP contribution in [0.2, 0.25) is 0 Å². The zero-order valence-corrected chi connectivity index (χ0v) is 19.7. The number of anilines is 2. The molecule has 178 valence electrons. The number of benzene rings is 2. The fraction of sp³-hybridized carbons (Fsp3) is 0.172. The van der Waals surface area contributed by atoms with E-state index >= 15 is 0 Å². The molecule has 0 bridgehead atoms. The maximum atomic E-state index is 12.3. The van der Waals surface area contributed by atoms with Gasteiger partial charge in [0.2, 0.25) is 0 Å². The smallest absolute Gasteiger partial charge is 0.170 e. The highest BCUT2D eigenvalue weighted by Gasteiger charge is 2.19. The topological polar surface area (TPSA) is 75.4 Å². The molecule has 0 spiro atoms. The molecule has 0 N–H and O–H groups in total. The number of ketones is 1. The van der Waals surface area contributed by atoms with Crippen LogP contribution in [-0.4, -0.2) is 46.9 Å². The predicted molar refractivity (Wildman–Crippen MR) is 140 cm³/mol. The lowest BCUT2D eigenvalue weighted by Gasteiger charge is -2.36. The Morgan fingerprint density at radius 2 is 1.58 bits per heavy atom. The Morgan fingerprint density at radius 1 is 0.833 bits per heavy atom. The molecular formula is C29H25N5O2. The molecule has 0 saturated carbocycles. The average molecular weight is 476 g/mol. The van der Waals surface area contributed by atoms with Gasteiger partial charge in [0.05, 0.1) is 29.1 Å². The molecule has 1 saturated heterocycles. The minimum absolute atomic E-state index is 0.0478. The van der Waals surface area contributed by atoms with E-state index in [1.54, 1.807) is 6.07 Å². The quantitative estimate of drug-likeness (QED) is 0.319. The molecule has 4 heterocycles. The molecule has 0 amide bonds. The van der Waals surface area contributed by atoms with Crippen molar-refractivity contribution in [3.05, 3.63) is 103 Å². The van der Waals surface area contributed by atoms with E-state index in [1.165, 1.54) is 18.2 Å². The number of hydrogen-bond donors (Lipinski definition) is 0. The van der Waals surface area contributed by atoms with E-state index < -0.39 is 0 Å². The number of pyridine rings is 1. The number of rotatable bonds is 6. The molecule has 6 rings (SSSR count). The first-order chi connectivity index (χ1) is 17.7. The second-order valence-corrected chi connectivity index (χ2v) is 8.92. The summed E-state index contributed by atoms with van der Waals surface area (Å²) in [6, 6.07) is 20.1. The van der Waals surface area contributed by atoms with Crippen molar-refractivity contribution in [2.24, 2.45) is 0 Å². The summed E-state index contributed by atoms with van der Waals surface area (Å²) in [6.45, 7) is 3.64. The number of Topliss-reactive ketones (excluding diaryl/α,β-unsaturated/α-hetero) is 1. The fourth-order valence-electron chi connectivity index (χ4n) is 4.61. The van der Waals surface area contributed by atoms with E-state index in [1.807, 2.05) is 36.8 Å². The number of nitrogens with zero attached hydrogens (tertiary/aromatic N) is 5. The molecule has 3 aromatic heterocycles. The largest absolute Gasteiger partial charge is 0.472 e. The molecule has 36 heavy (non-hydrogen) atoms. The van der Waals surface area contributed by atoms with Gasteiger partial charge >= 0.3 is 0 Å². The highest BCUT2D eigenvalue weighted by atomic mass is 16.3. The lowest BCUT2D eigenvalue weighted by atomic mass is 10.00. The van der Waals surface area contributed by atoms with Gasteiger partial charge in [-0.15, -0.1) is 0 Å². The van der Waals surface area contributed by atoms with Crippen LogP contribution in [0.15, 0.2) is 96.2 Å². The van der Waals surface area contributed by atoms with Crippen LogP contribution in [0.4, 0.5) is 11.5 Å². The molecular weight excluding hydrogens is 450 g/mol. The van der Waals surface area contributed by atoms with Gasteiger partial charge in [0.1, 0.15) is 12.1 Å². The van der Waals surface area contributed by atoms with Gasteiger partial charge in [-0.1, -0.05) is 30.3 Å². The van der Waals surface area contributed by atoms with Crippen molar-refractivity contribution in [2.75, 3.05) is 36.0 Å². The van der Waals surface area contributed by atoms with E-state index in [0.717, 1.165) is 59.7 Å². The molecule has 0 aliphatic carbocycles. The normalized spacial score (nSPS) is 13.8. The molecule has 1 aliphatic rings. The van der Waals surface area contributed by atoms with Crippen molar-refractivity contribution in [3.8, 4) is 11.1 Å². The van der Waals surface area contributed by atoms with E-state index in [-0.39, 0.29) is 5.78 Å². The summed E-state index contributed by atoms with van der Waals surface area (Å²) in [5.41, 5.74) is 6.68. The first-order valence-electron chi connectivity index (χ1n) is 12.0. The molecule has 0 atom stereocenters. The number of aromatic nitrogens is 3. The van der Waals surface area contributed by atoms with Crippen molar-refractivity contribution in [1.29, 1.82) is 0 Å². The van der Waals surface area contributed by atoms with Gasteiger partial charge in [-0.2, -0.15) is 0 Å². The van der Waals surface area contributed by atoms with Gasteiger partial charge in [-0.05, 0) is 47.0 Å². The lowest BCUT2D eigenvalue weighted by molar-refractivity contribution is 0.0992. The van der Waals surface area contributed by atoms with Crippen LogP contribution in [0.3, 0.4) is 0 Å². The van der Waals surface area contributed by atoms with Crippen molar-refractivity contribution in [2.45, 2.75) is 6.42 Å². The summed E-state index contributed by atoms with van der Waals surface area (Å²) >= 11 is 0. The first kappa shape index (κ1) is 22.0. The van der Waals surface area contributed by atoms with Gasteiger partial charge in [0, 0.05) is 50.7 Å². The molecule has 7 nitrogen and oxygen atoms in total. The summed E-state index contributed by atoms with van der Waals surface area (Å²) in [4.78, 5) is 30.7. The van der Waals surface area contributed by atoms with Crippen LogP contribution in [0, 0.1) is 0 Å². The number of carbonyl (C=O) groups is 1. The minimum Gasteiger partial charge on any atom is -0.472 e. The summed E-state index contributed by atoms with van der Waals surface area (Å²) in [6.07, 6.45) is 8.90. The number of furan rings is 1. The Balaban J connectivity index is 1.17. The Hall–Kier alpha value is -4.52. The van der Waals surface area contributed by atoms with Crippen molar-refractivity contribution >= 4 is 28.3 Å². The molecule has 0 unspecified atom stereocenters. The van der Waals surface area contributed by atoms with Crippen molar-refractivity contribution in [1.82, 2.24) is 15.0 Å². The van der Waals surface area contributed by atoms with Crippen LogP contribution in [0.25, 0.3) is 22.2 Å². The molecule has 1 aliphatic heterocycles. The Bertz CT molecular complexity index is 1480. The predicted octanol–water partition coefficient (Wildman–Crippen LogP) is 5.04. The molecule has 2 aromatic carbocycles. The maximum absolute atomic E-state index is 12.3. The number of piperazine rings is 1. The summed E-state index contributed by atoms with van der Waals surface area (Å²) in [5, 5.41) is 0. The first-order valence-corrected chi connectivity index (χ1v) is 12.0. The second-order valence-electron chi connectivity index (χ2n) is 8.92. The monoisotopic (exact) mass is 475 g/mol. The van der Waals surface area contributed by atoms with Crippen LogP contribution >= 0.6 is 0 Å². The molecule has 7 heteroatoms. The molecule has 1 fully saturated rings. The van der Waals surface area contributed by atoms with Crippen LogP contribution < -0.4 is 9.80 Å². The number of fused-ring (bicyclic) bond motifs is 1. The van der Waals surface area contributed by atoms with Crippen molar-refractivity contribution < 1.29 is 9.21 Å². The third kappa shape index (κ3) is 4.55. The third-order valence-electron chi connectivity index (χ3n) is 6.66. The van der Waals surface area contributed by atoms with Gasteiger partial charge in [-0.25, -0.2) is 4.98 Å². The summed E-state index contributed by atoms with van der Waals surface area (Å²) in [7, 11) is 0. The summed E-state index contributed by atoms with van der Waals surface area (Å²) in [5.74, 6) is 0.953. The van der Waals surface area contributed by atoms with Gasteiger partial charge in [0.15, 0.2) is 5.78 Å². The van der Waals surface area contributed by atoms with Crippen LogP contribution in [0.5, 0.6) is 0 Å². The van der Waals surface area contributed by atoms with E-state index in [9.17, 15) is 4.79 Å². The second kappa shape index (κ2) is 9.62. The zero-order valence-electron chi connectivity index (χ0n) is 19.7. The van der Waals surface area contributed by atoms with Gasteiger partial charge in [0.25, 0.3) is 0 Å². The SMILES string of the molecule is O=C(Cc1ccc(-c2ccc3ncc(N4CCN(c5ccncc5)CC4)nc3c2)cc1)c1ccoc1. The average Bonchev–Trinajstić information content (AvgIpc) is 3.49. The van der Waals surface area contributed by atoms with Crippen LogP contribution in [-0.2, 0) is 6.42 Å². The fourth-order valence-corrected chi connectivity index (χ4v) is 4.61. The Kier molecular flexibility index (Phi) is 5.87. The highest BCUT2D eigenvalue weighted by molar-refractivity contribution is 5.97.